The Balaban J connectivity index is 2.23. The Morgan fingerprint density at radius 2 is 1.78 bits per heavy atom. The number of rotatable bonds is 3. The van der Waals surface area contributed by atoms with Crippen molar-refractivity contribution in [2.45, 2.75) is 57.9 Å². The van der Waals surface area contributed by atoms with Crippen molar-refractivity contribution in [2.24, 2.45) is 5.84 Å². The summed E-state index contributed by atoms with van der Waals surface area (Å²) in [5.74, 6) is 7.81. The second kappa shape index (κ2) is 5.10. The van der Waals surface area contributed by atoms with Crippen LogP contribution in [0.4, 0.5) is 11.6 Å². The molecule has 5 heteroatoms. The van der Waals surface area contributed by atoms with E-state index in [4.69, 9.17) is 5.84 Å². The molecule has 0 saturated heterocycles. The largest absolute Gasteiger partial charge is 0.367 e. The first kappa shape index (κ1) is 13.1. The number of hydrogen-bond donors (Lipinski definition) is 3. The molecule has 1 aromatic rings. The van der Waals surface area contributed by atoms with Crippen molar-refractivity contribution in [3.05, 3.63) is 11.9 Å². The van der Waals surface area contributed by atoms with Gasteiger partial charge in [0.05, 0.1) is 0 Å². The van der Waals surface area contributed by atoms with Gasteiger partial charge in [-0.1, -0.05) is 33.6 Å². The number of nitrogens with two attached hydrogens (primary N) is 1. The molecule has 0 bridgehead atoms. The van der Waals surface area contributed by atoms with Gasteiger partial charge in [-0.3, -0.25) is 0 Å². The van der Waals surface area contributed by atoms with E-state index in [2.05, 4.69) is 41.5 Å². The van der Waals surface area contributed by atoms with Crippen LogP contribution in [-0.4, -0.2) is 16.0 Å². The van der Waals surface area contributed by atoms with Crippen LogP contribution >= 0.6 is 0 Å². The Kier molecular flexibility index (Phi) is 3.71. The van der Waals surface area contributed by atoms with Crippen molar-refractivity contribution in [3.63, 3.8) is 0 Å². The zero-order valence-corrected chi connectivity index (χ0v) is 11.5. The number of anilines is 2. The van der Waals surface area contributed by atoms with Crippen LogP contribution in [0.1, 0.15) is 52.3 Å². The third kappa shape index (κ3) is 3.10. The topological polar surface area (TPSA) is 75.9 Å². The molecule has 0 spiro atoms. The molecule has 1 saturated carbocycles. The lowest BCUT2D eigenvalue weighted by Gasteiger charge is -2.20. The summed E-state index contributed by atoms with van der Waals surface area (Å²) >= 11 is 0. The molecule has 0 amide bonds. The Hall–Kier alpha value is -1.36. The normalized spacial score (nSPS) is 16.9. The van der Waals surface area contributed by atoms with E-state index in [1.807, 2.05) is 6.07 Å². The highest BCUT2D eigenvalue weighted by Crippen LogP contribution is 2.25. The molecule has 0 radical (unpaired) electrons. The van der Waals surface area contributed by atoms with E-state index in [0.717, 1.165) is 11.6 Å². The minimum absolute atomic E-state index is 0.0844. The van der Waals surface area contributed by atoms with Gasteiger partial charge in [0.15, 0.2) is 0 Å². The molecular formula is C13H23N5. The molecular weight excluding hydrogens is 226 g/mol. The lowest BCUT2D eigenvalue weighted by molar-refractivity contribution is 0.546. The lowest BCUT2D eigenvalue weighted by atomic mass is 9.96. The van der Waals surface area contributed by atoms with E-state index < -0.39 is 0 Å². The highest BCUT2D eigenvalue weighted by Gasteiger charge is 2.21. The maximum absolute atomic E-state index is 5.47. The quantitative estimate of drug-likeness (QED) is 0.566. The van der Waals surface area contributed by atoms with Crippen molar-refractivity contribution in [3.8, 4) is 0 Å². The van der Waals surface area contributed by atoms with Gasteiger partial charge in [-0.2, -0.15) is 0 Å². The summed E-state index contributed by atoms with van der Waals surface area (Å²) in [6.45, 7) is 6.30. The SMILES string of the molecule is CC(C)(C)c1nc(NN)cc(NC2CCCC2)n1. The van der Waals surface area contributed by atoms with Crippen LogP contribution in [0.25, 0.3) is 0 Å². The van der Waals surface area contributed by atoms with E-state index in [0.29, 0.717) is 11.9 Å². The summed E-state index contributed by atoms with van der Waals surface area (Å²) in [6.07, 6.45) is 5.05. The Morgan fingerprint density at radius 3 is 2.33 bits per heavy atom. The molecule has 1 aliphatic carbocycles. The van der Waals surface area contributed by atoms with Crippen LogP contribution in [0.3, 0.4) is 0 Å². The van der Waals surface area contributed by atoms with Gasteiger partial charge in [0.1, 0.15) is 17.5 Å². The first-order valence-corrected chi connectivity index (χ1v) is 6.62. The number of aromatic nitrogens is 2. The molecule has 0 unspecified atom stereocenters. The van der Waals surface area contributed by atoms with Gasteiger partial charge in [-0.05, 0) is 12.8 Å². The van der Waals surface area contributed by atoms with Crippen molar-refractivity contribution in [1.82, 2.24) is 9.97 Å². The molecule has 1 aromatic heterocycles. The zero-order chi connectivity index (χ0) is 13.2. The first-order chi connectivity index (χ1) is 8.49. The monoisotopic (exact) mass is 249 g/mol. The highest BCUT2D eigenvalue weighted by atomic mass is 15.3. The smallest absolute Gasteiger partial charge is 0.145 e. The summed E-state index contributed by atoms with van der Waals surface area (Å²) < 4.78 is 0. The second-order valence-electron chi connectivity index (χ2n) is 5.98. The molecule has 1 fully saturated rings. The maximum atomic E-state index is 5.47. The van der Waals surface area contributed by atoms with Gasteiger partial charge in [0.25, 0.3) is 0 Å². The van der Waals surface area contributed by atoms with Crippen LogP contribution < -0.4 is 16.6 Å². The molecule has 18 heavy (non-hydrogen) atoms. The molecule has 0 aromatic carbocycles. The third-order valence-corrected chi connectivity index (χ3v) is 3.25. The Labute approximate surface area is 109 Å². The highest BCUT2D eigenvalue weighted by molar-refractivity contribution is 5.48. The van der Waals surface area contributed by atoms with Gasteiger partial charge in [-0.15, -0.1) is 0 Å². The van der Waals surface area contributed by atoms with Gasteiger partial charge in [0.2, 0.25) is 0 Å². The molecule has 100 valence electrons. The predicted octanol–water partition coefficient (Wildman–Crippen LogP) is 2.41. The number of hydrazine groups is 1. The molecule has 4 N–H and O–H groups in total. The average molecular weight is 249 g/mol. The lowest BCUT2D eigenvalue weighted by Crippen LogP contribution is -2.22. The maximum Gasteiger partial charge on any atom is 0.145 e. The van der Waals surface area contributed by atoms with Crippen LogP contribution in [0, 0.1) is 0 Å². The number of nitrogen functional groups attached to an aromatic ring is 1. The fraction of sp³-hybridized carbons (Fsp3) is 0.692. The van der Waals surface area contributed by atoms with Crippen LogP contribution in [0.2, 0.25) is 0 Å². The Morgan fingerprint density at radius 1 is 1.17 bits per heavy atom. The zero-order valence-electron chi connectivity index (χ0n) is 11.5. The van der Waals surface area contributed by atoms with Gasteiger partial charge >= 0.3 is 0 Å². The van der Waals surface area contributed by atoms with Crippen molar-refractivity contribution in [1.29, 1.82) is 0 Å². The average Bonchev–Trinajstić information content (AvgIpc) is 2.80. The number of nitrogens with zero attached hydrogens (tertiary/aromatic N) is 2. The van der Waals surface area contributed by atoms with Crippen molar-refractivity contribution in [2.75, 3.05) is 10.7 Å². The summed E-state index contributed by atoms with van der Waals surface area (Å²) in [5.41, 5.74) is 2.53. The van der Waals surface area contributed by atoms with Crippen molar-refractivity contribution < 1.29 is 0 Å². The molecule has 0 atom stereocenters. The standard InChI is InChI=1S/C13H23N5/c1-13(2,3)12-16-10(8-11(17-12)18-14)15-9-6-4-5-7-9/h8-9H,4-7,14H2,1-3H3,(H2,15,16,17,18). The van der Waals surface area contributed by atoms with Gasteiger partial charge in [-0.25, -0.2) is 15.8 Å². The minimum Gasteiger partial charge on any atom is -0.367 e. The van der Waals surface area contributed by atoms with Crippen LogP contribution in [-0.2, 0) is 5.41 Å². The predicted molar refractivity (Wildman–Crippen MR) is 74.4 cm³/mol. The van der Waals surface area contributed by atoms with Gasteiger partial charge < -0.3 is 10.7 Å². The fourth-order valence-electron chi connectivity index (χ4n) is 2.21. The van der Waals surface area contributed by atoms with Crippen LogP contribution in [0.15, 0.2) is 6.07 Å². The van der Waals surface area contributed by atoms with E-state index >= 15 is 0 Å². The molecule has 5 nitrogen and oxygen atoms in total. The third-order valence-electron chi connectivity index (χ3n) is 3.25. The van der Waals surface area contributed by atoms with E-state index in [1.54, 1.807) is 0 Å². The first-order valence-electron chi connectivity index (χ1n) is 6.62. The molecule has 1 heterocycles. The number of hydrogen-bond acceptors (Lipinski definition) is 5. The Bertz CT molecular complexity index is 404. The summed E-state index contributed by atoms with van der Waals surface area (Å²) in [4.78, 5) is 9.01. The van der Waals surface area contributed by atoms with E-state index in [-0.39, 0.29) is 5.41 Å². The second-order valence-corrected chi connectivity index (χ2v) is 5.98. The molecule has 2 rings (SSSR count). The fourth-order valence-corrected chi connectivity index (χ4v) is 2.21. The van der Waals surface area contributed by atoms with Crippen molar-refractivity contribution >= 4 is 11.6 Å². The summed E-state index contributed by atoms with van der Waals surface area (Å²) in [6, 6.07) is 2.41. The van der Waals surface area contributed by atoms with E-state index in [9.17, 15) is 0 Å². The molecule has 0 aliphatic heterocycles. The number of nitrogens with one attached hydrogen (secondary N) is 2. The van der Waals surface area contributed by atoms with Crippen LogP contribution in [0.5, 0.6) is 0 Å². The molecule has 1 aliphatic rings. The minimum atomic E-state index is -0.0844. The summed E-state index contributed by atoms with van der Waals surface area (Å²) in [5, 5.41) is 3.48. The van der Waals surface area contributed by atoms with Gasteiger partial charge in [0, 0.05) is 17.5 Å². The summed E-state index contributed by atoms with van der Waals surface area (Å²) in [7, 11) is 0. The van der Waals surface area contributed by atoms with E-state index in [1.165, 1.54) is 25.7 Å².